The van der Waals surface area contributed by atoms with Crippen LogP contribution in [0.5, 0.6) is 0 Å². The third-order valence-electron chi connectivity index (χ3n) is 5.35. The topological polar surface area (TPSA) is 40.5 Å². The van der Waals surface area contributed by atoms with E-state index in [1.807, 2.05) is 52.0 Å². The van der Waals surface area contributed by atoms with E-state index in [2.05, 4.69) is 26.0 Å². The summed E-state index contributed by atoms with van der Waals surface area (Å²) in [5.74, 6) is 0.177. The van der Waals surface area contributed by atoms with Gasteiger partial charge in [-0.3, -0.25) is 0 Å². The lowest BCUT2D eigenvalue weighted by molar-refractivity contribution is 0.0709. The van der Waals surface area contributed by atoms with E-state index in [1.54, 1.807) is 0 Å². The van der Waals surface area contributed by atoms with Gasteiger partial charge in [-0.1, -0.05) is 64.2 Å². The van der Waals surface area contributed by atoms with Crippen LogP contribution in [-0.4, -0.2) is 21.4 Å². The second-order valence-electron chi connectivity index (χ2n) is 7.56. The molecule has 2 aliphatic rings. The SMILES string of the molecule is CC1C=C(C(C)(C)C2=CC(C)C(C)(O)C=C2)C=CC1(C)O. The lowest BCUT2D eigenvalue weighted by atomic mass is 9.69. The van der Waals surface area contributed by atoms with Crippen LogP contribution < -0.4 is 0 Å². The Balaban J connectivity index is 2.33. The Bertz CT molecular complexity index is 494. The number of aliphatic hydroxyl groups is 2. The molecule has 2 rings (SSSR count). The summed E-state index contributed by atoms with van der Waals surface area (Å²) in [4.78, 5) is 0. The smallest absolute Gasteiger partial charge is 0.0862 e. The molecule has 0 saturated carbocycles. The van der Waals surface area contributed by atoms with E-state index in [1.165, 1.54) is 11.1 Å². The Morgan fingerprint density at radius 3 is 1.48 bits per heavy atom. The normalized spacial score (nSPS) is 40.0. The first-order valence-corrected chi connectivity index (χ1v) is 7.74. The summed E-state index contributed by atoms with van der Waals surface area (Å²) in [6.45, 7) is 12.1. The molecule has 21 heavy (non-hydrogen) atoms. The molecule has 0 saturated heterocycles. The van der Waals surface area contributed by atoms with Crippen molar-refractivity contribution in [3.05, 3.63) is 47.6 Å². The average molecular weight is 288 g/mol. The number of hydrogen-bond donors (Lipinski definition) is 2. The molecule has 0 fully saturated rings. The van der Waals surface area contributed by atoms with Gasteiger partial charge in [0.25, 0.3) is 0 Å². The maximum atomic E-state index is 10.3. The van der Waals surface area contributed by atoms with Crippen LogP contribution in [0, 0.1) is 17.3 Å². The summed E-state index contributed by atoms with van der Waals surface area (Å²) in [5.41, 5.74) is 0.751. The Hall–Kier alpha value is -1.12. The minimum absolute atomic E-state index is 0.0884. The van der Waals surface area contributed by atoms with E-state index in [9.17, 15) is 10.2 Å². The summed E-state index contributed by atoms with van der Waals surface area (Å²) in [7, 11) is 0. The fraction of sp³-hybridized carbons (Fsp3) is 0.579. The van der Waals surface area contributed by atoms with E-state index in [0.29, 0.717) is 0 Å². The summed E-state index contributed by atoms with van der Waals surface area (Å²) in [6.07, 6.45) is 12.2. The standard InChI is InChI=1S/C19H28O2/c1-13-11-15(7-9-18(13,5)20)17(3,4)16-8-10-19(6,21)14(2)12-16/h7-14,20-21H,1-6H3. The summed E-state index contributed by atoms with van der Waals surface area (Å²) in [5, 5.41) is 20.5. The molecule has 0 aromatic heterocycles. The number of allylic oxidation sites excluding steroid dienone is 4. The molecule has 0 aliphatic heterocycles. The van der Waals surface area contributed by atoms with Crippen LogP contribution in [0.2, 0.25) is 0 Å². The largest absolute Gasteiger partial charge is 0.385 e. The van der Waals surface area contributed by atoms with E-state index < -0.39 is 11.2 Å². The van der Waals surface area contributed by atoms with Crippen LogP contribution in [0.15, 0.2) is 47.6 Å². The predicted octanol–water partition coefficient (Wildman–Crippen LogP) is 3.78. The zero-order valence-electron chi connectivity index (χ0n) is 14.0. The molecule has 0 spiro atoms. The van der Waals surface area contributed by atoms with Crippen molar-refractivity contribution < 1.29 is 10.2 Å². The zero-order valence-corrected chi connectivity index (χ0v) is 14.0. The lowest BCUT2D eigenvalue weighted by Crippen LogP contribution is -2.35. The molecule has 0 heterocycles. The second-order valence-corrected chi connectivity index (χ2v) is 7.56. The lowest BCUT2D eigenvalue weighted by Gasteiger charge is -2.38. The molecule has 2 heteroatoms. The van der Waals surface area contributed by atoms with Crippen molar-refractivity contribution in [3.8, 4) is 0 Å². The molecule has 0 amide bonds. The fourth-order valence-electron chi connectivity index (χ4n) is 2.81. The number of rotatable bonds is 2. The highest BCUT2D eigenvalue weighted by atomic mass is 16.3. The Morgan fingerprint density at radius 1 is 0.857 bits per heavy atom. The highest BCUT2D eigenvalue weighted by Crippen LogP contribution is 2.43. The highest BCUT2D eigenvalue weighted by molar-refractivity contribution is 5.45. The maximum absolute atomic E-state index is 10.3. The van der Waals surface area contributed by atoms with Gasteiger partial charge in [-0.05, 0) is 25.0 Å². The molecule has 0 radical (unpaired) electrons. The Kier molecular flexibility index (Phi) is 3.84. The minimum Gasteiger partial charge on any atom is -0.385 e. The molecule has 0 aromatic carbocycles. The van der Waals surface area contributed by atoms with Gasteiger partial charge in [0.2, 0.25) is 0 Å². The summed E-state index contributed by atoms with van der Waals surface area (Å²) in [6, 6.07) is 0. The van der Waals surface area contributed by atoms with Crippen molar-refractivity contribution in [2.75, 3.05) is 0 Å². The van der Waals surface area contributed by atoms with Gasteiger partial charge in [-0.2, -0.15) is 0 Å². The van der Waals surface area contributed by atoms with Crippen LogP contribution in [-0.2, 0) is 0 Å². The molecule has 0 bridgehead atoms. The molecule has 4 unspecified atom stereocenters. The summed E-state index contributed by atoms with van der Waals surface area (Å²) < 4.78 is 0. The van der Waals surface area contributed by atoms with Crippen LogP contribution in [0.1, 0.15) is 41.5 Å². The first kappa shape index (κ1) is 16.3. The fourth-order valence-corrected chi connectivity index (χ4v) is 2.81. The van der Waals surface area contributed by atoms with Gasteiger partial charge in [0.05, 0.1) is 11.2 Å². The molecule has 2 aliphatic carbocycles. The number of hydrogen-bond acceptors (Lipinski definition) is 2. The second kappa shape index (κ2) is 4.96. The molecule has 0 aromatic rings. The molecule has 116 valence electrons. The highest BCUT2D eigenvalue weighted by Gasteiger charge is 2.35. The Morgan fingerprint density at radius 2 is 1.19 bits per heavy atom. The van der Waals surface area contributed by atoms with Gasteiger partial charge in [-0.15, -0.1) is 0 Å². The van der Waals surface area contributed by atoms with Gasteiger partial charge >= 0.3 is 0 Å². The van der Waals surface area contributed by atoms with Crippen LogP contribution >= 0.6 is 0 Å². The quantitative estimate of drug-likeness (QED) is 0.812. The van der Waals surface area contributed by atoms with Crippen molar-refractivity contribution in [1.29, 1.82) is 0 Å². The first-order chi connectivity index (χ1) is 9.47. The van der Waals surface area contributed by atoms with Crippen molar-refractivity contribution in [1.82, 2.24) is 0 Å². The molecule has 4 atom stereocenters. The molecular formula is C19H28O2. The van der Waals surface area contributed by atoms with Crippen molar-refractivity contribution in [2.45, 2.75) is 52.7 Å². The van der Waals surface area contributed by atoms with Gasteiger partial charge in [-0.25, -0.2) is 0 Å². The predicted molar refractivity (Wildman–Crippen MR) is 87.8 cm³/mol. The maximum Gasteiger partial charge on any atom is 0.0862 e. The van der Waals surface area contributed by atoms with Gasteiger partial charge in [0, 0.05) is 17.3 Å². The van der Waals surface area contributed by atoms with Crippen molar-refractivity contribution in [3.63, 3.8) is 0 Å². The van der Waals surface area contributed by atoms with E-state index in [0.717, 1.165) is 0 Å². The van der Waals surface area contributed by atoms with Crippen molar-refractivity contribution in [2.24, 2.45) is 17.3 Å². The zero-order chi connectivity index (χ0) is 16.1. The van der Waals surface area contributed by atoms with Crippen LogP contribution in [0.3, 0.4) is 0 Å². The van der Waals surface area contributed by atoms with Crippen molar-refractivity contribution >= 4 is 0 Å². The molecule has 2 N–H and O–H groups in total. The average Bonchev–Trinajstić information content (AvgIpc) is 2.35. The first-order valence-electron chi connectivity index (χ1n) is 7.74. The van der Waals surface area contributed by atoms with E-state index in [4.69, 9.17) is 0 Å². The van der Waals surface area contributed by atoms with E-state index in [-0.39, 0.29) is 17.3 Å². The Labute approximate surface area is 128 Å². The van der Waals surface area contributed by atoms with Crippen LogP contribution in [0.4, 0.5) is 0 Å². The monoisotopic (exact) mass is 288 g/mol. The summed E-state index contributed by atoms with van der Waals surface area (Å²) >= 11 is 0. The van der Waals surface area contributed by atoms with Gasteiger partial charge < -0.3 is 10.2 Å². The molecule has 2 nitrogen and oxygen atoms in total. The van der Waals surface area contributed by atoms with E-state index >= 15 is 0 Å². The van der Waals surface area contributed by atoms with Gasteiger partial charge in [0.1, 0.15) is 0 Å². The third-order valence-corrected chi connectivity index (χ3v) is 5.35. The molecular weight excluding hydrogens is 260 g/mol. The van der Waals surface area contributed by atoms with Crippen LogP contribution in [0.25, 0.3) is 0 Å². The van der Waals surface area contributed by atoms with Gasteiger partial charge in [0.15, 0.2) is 0 Å². The third kappa shape index (κ3) is 2.93. The minimum atomic E-state index is -0.771.